The molecule has 0 saturated heterocycles. The summed E-state index contributed by atoms with van der Waals surface area (Å²) in [5.74, 6) is -0.485. The van der Waals surface area contributed by atoms with Crippen LogP contribution in [0.2, 0.25) is 0 Å². The Morgan fingerprint density at radius 3 is 2.50 bits per heavy atom. The van der Waals surface area contributed by atoms with Gasteiger partial charge in [-0.15, -0.1) is 10.2 Å². The molecule has 0 aliphatic rings. The summed E-state index contributed by atoms with van der Waals surface area (Å²) in [5.41, 5.74) is 10.0. The van der Waals surface area contributed by atoms with Crippen molar-refractivity contribution in [1.29, 1.82) is 0 Å². The van der Waals surface area contributed by atoms with E-state index in [0.29, 0.717) is 16.0 Å². The van der Waals surface area contributed by atoms with Crippen molar-refractivity contribution >= 4 is 39.8 Å². The van der Waals surface area contributed by atoms with Gasteiger partial charge in [-0.05, 0) is 5.92 Å². The molecule has 0 radical (unpaired) electrons. The monoisotopic (exact) mass is 370 g/mol. The second kappa shape index (κ2) is 7.18. The van der Waals surface area contributed by atoms with Crippen molar-refractivity contribution in [2.24, 2.45) is 13.0 Å². The van der Waals surface area contributed by atoms with Crippen LogP contribution in [0.25, 0.3) is 0 Å². The number of nitrogen functional groups attached to an aromatic ring is 2. The van der Waals surface area contributed by atoms with Crippen LogP contribution >= 0.6 is 23.1 Å². The molecule has 0 fully saturated rings. The minimum atomic E-state index is -0.695. The number of nitrogens with zero attached hydrogens (tertiary/aromatic N) is 4. The molecule has 0 amide bonds. The number of ketones is 1. The summed E-state index contributed by atoms with van der Waals surface area (Å²) in [6, 6.07) is 0. The molecule has 4 N–H and O–H groups in total. The van der Waals surface area contributed by atoms with Gasteiger partial charge in [-0.2, -0.15) is 0 Å². The van der Waals surface area contributed by atoms with Gasteiger partial charge in [0.15, 0.2) is 10.1 Å². The molecule has 2 aromatic rings. The number of thioether (sulfide) groups is 1. The van der Waals surface area contributed by atoms with Gasteiger partial charge in [0, 0.05) is 13.6 Å². The number of nitrogens with two attached hydrogens (primary N) is 2. The normalized spacial score (nSPS) is 11.2. The first-order valence-electron chi connectivity index (χ1n) is 7.06. The molecule has 130 valence electrons. The van der Waals surface area contributed by atoms with E-state index in [0.717, 1.165) is 27.7 Å². The highest BCUT2D eigenvalue weighted by atomic mass is 32.2. The van der Waals surface area contributed by atoms with Crippen molar-refractivity contribution in [3.8, 4) is 0 Å². The lowest BCUT2D eigenvalue weighted by Gasteiger charge is -2.15. The summed E-state index contributed by atoms with van der Waals surface area (Å²) >= 11 is 2.26. The van der Waals surface area contributed by atoms with E-state index in [1.165, 1.54) is 11.6 Å². The Hall–Kier alpha value is -2.14. The van der Waals surface area contributed by atoms with Gasteiger partial charge in [-0.1, -0.05) is 36.9 Å². The molecule has 2 heterocycles. The molecular formula is C13H18N6O3S2. The van der Waals surface area contributed by atoms with E-state index < -0.39 is 17.0 Å². The molecule has 9 nitrogen and oxygen atoms in total. The van der Waals surface area contributed by atoms with Gasteiger partial charge >= 0.3 is 5.69 Å². The molecule has 2 aromatic heterocycles. The maximum absolute atomic E-state index is 12.5. The molecule has 24 heavy (non-hydrogen) atoms. The largest absolute Gasteiger partial charge is 0.384 e. The lowest BCUT2D eigenvalue weighted by Crippen LogP contribution is -2.43. The molecule has 2 rings (SSSR count). The fourth-order valence-electron chi connectivity index (χ4n) is 2.07. The molecule has 0 aliphatic carbocycles. The van der Waals surface area contributed by atoms with E-state index >= 15 is 0 Å². The number of carbonyl (C=O) groups is 1. The van der Waals surface area contributed by atoms with Crippen molar-refractivity contribution in [3.05, 3.63) is 26.4 Å². The number of carbonyl (C=O) groups excluding carboxylic acids is 1. The summed E-state index contributed by atoms with van der Waals surface area (Å²) in [7, 11) is 1.33. The maximum Gasteiger partial charge on any atom is 0.332 e. The maximum atomic E-state index is 12.5. The Morgan fingerprint density at radius 2 is 1.96 bits per heavy atom. The number of aromatic nitrogens is 4. The zero-order valence-electron chi connectivity index (χ0n) is 13.5. The number of hydrogen-bond acceptors (Lipinski definition) is 9. The third-order valence-corrected chi connectivity index (χ3v) is 5.04. The van der Waals surface area contributed by atoms with E-state index in [-0.39, 0.29) is 23.1 Å². The third-order valence-electron chi connectivity index (χ3n) is 3.16. The molecule has 0 bridgehead atoms. The topological polar surface area (TPSA) is 139 Å². The zero-order valence-corrected chi connectivity index (χ0v) is 15.1. The van der Waals surface area contributed by atoms with E-state index in [2.05, 4.69) is 10.2 Å². The van der Waals surface area contributed by atoms with Crippen LogP contribution in [0.15, 0.2) is 13.9 Å². The average Bonchev–Trinajstić information content (AvgIpc) is 2.93. The van der Waals surface area contributed by atoms with Gasteiger partial charge in [0.1, 0.15) is 11.4 Å². The van der Waals surface area contributed by atoms with Crippen molar-refractivity contribution in [3.63, 3.8) is 0 Å². The summed E-state index contributed by atoms with van der Waals surface area (Å²) in [5, 5.41) is 7.75. The van der Waals surface area contributed by atoms with Gasteiger partial charge in [0.25, 0.3) is 5.56 Å². The molecular weight excluding hydrogens is 352 g/mol. The molecule has 0 atom stereocenters. The van der Waals surface area contributed by atoms with E-state index in [1.807, 2.05) is 13.8 Å². The molecule has 0 aliphatic heterocycles. The summed E-state index contributed by atoms with van der Waals surface area (Å²) < 4.78 is 2.68. The lowest BCUT2D eigenvalue weighted by molar-refractivity contribution is 0.102. The van der Waals surface area contributed by atoms with Crippen LogP contribution in [0.4, 0.5) is 10.9 Å². The minimum Gasteiger partial charge on any atom is -0.384 e. The van der Waals surface area contributed by atoms with E-state index in [1.54, 1.807) is 0 Å². The first-order chi connectivity index (χ1) is 11.2. The summed E-state index contributed by atoms with van der Waals surface area (Å²) in [6.07, 6.45) is 0. The molecule has 0 saturated carbocycles. The van der Waals surface area contributed by atoms with E-state index in [9.17, 15) is 14.4 Å². The second-order valence-electron chi connectivity index (χ2n) is 5.53. The van der Waals surface area contributed by atoms with Crippen molar-refractivity contribution in [1.82, 2.24) is 19.3 Å². The summed E-state index contributed by atoms with van der Waals surface area (Å²) in [6.45, 7) is 4.14. The van der Waals surface area contributed by atoms with Crippen LogP contribution < -0.4 is 22.7 Å². The molecule has 11 heteroatoms. The van der Waals surface area contributed by atoms with Gasteiger partial charge in [-0.25, -0.2) is 4.79 Å². The first kappa shape index (κ1) is 18.2. The first-order valence-corrected chi connectivity index (χ1v) is 8.86. The van der Waals surface area contributed by atoms with Crippen molar-refractivity contribution in [2.45, 2.75) is 24.7 Å². The van der Waals surface area contributed by atoms with Gasteiger partial charge in [0.05, 0.1) is 5.75 Å². The highest BCUT2D eigenvalue weighted by molar-refractivity contribution is 8.01. The Labute approximate surface area is 145 Å². The Bertz CT molecular complexity index is 883. The van der Waals surface area contributed by atoms with Crippen LogP contribution in [-0.4, -0.2) is 30.9 Å². The van der Waals surface area contributed by atoms with Crippen LogP contribution in [0.3, 0.4) is 0 Å². The standard InChI is InChI=1S/C13H18N6O3S2/c1-6(2)4-19-9(14)8(10(21)18(3)13(19)22)7(20)5-23-12-17-16-11(15)24-12/h6H,4-5,14H2,1-3H3,(H2,15,16). The summed E-state index contributed by atoms with van der Waals surface area (Å²) in [4.78, 5) is 37.0. The second-order valence-corrected chi connectivity index (χ2v) is 7.76. The predicted molar refractivity (Wildman–Crippen MR) is 94.6 cm³/mol. The Balaban J connectivity index is 2.37. The Kier molecular flexibility index (Phi) is 5.44. The zero-order chi connectivity index (χ0) is 18.0. The number of anilines is 2. The fraction of sp³-hybridized carbons (Fsp3) is 0.462. The van der Waals surface area contributed by atoms with Crippen molar-refractivity contribution < 1.29 is 4.79 Å². The molecule has 0 unspecified atom stereocenters. The van der Waals surface area contributed by atoms with E-state index in [4.69, 9.17) is 11.5 Å². The molecule has 0 aromatic carbocycles. The molecule has 0 spiro atoms. The number of Topliss-reactive ketones (excluding diaryl/α,β-unsaturated/α-hetero) is 1. The third kappa shape index (κ3) is 3.67. The van der Waals surface area contributed by atoms with Gasteiger partial charge in [0.2, 0.25) is 5.13 Å². The van der Waals surface area contributed by atoms with Gasteiger partial charge in [-0.3, -0.25) is 18.7 Å². The minimum absolute atomic E-state index is 0.0477. The highest BCUT2D eigenvalue weighted by Gasteiger charge is 2.22. The van der Waals surface area contributed by atoms with Crippen LogP contribution in [0, 0.1) is 5.92 Å². The smallest absolute Gasteiger partial charge is 0.332 e. The van der Waals surface area contributed by atoms with Crippen LogP contribution in [-0.2, 0) is 13.6 Å². The van der Waals surface area contributed by atoms with Crippen LogP contribution in [0.1, 0.15) is 24.2 Å². The predicted octanol–water partition coefficient (Wildman–Crippen LogP) is 0.194. The van der Waals surface area contributed by atoms with Crippen LogP contribution in [0.5, 0.6) is 0 Å². The highest BCUT2D eigenvalue weighted by Crippen LogP contribution is 2.24. The van der Waals surface area contributed by atoms with Gasteiger partial charge < -0.3 is 11.5 Å². The SMILES string of the molecule is CC(C)Cn1c(N)c(C(=O)CSc2nnc(N)s2)c(=O)n(C)c1=O. The number of rotatable bonds is 6. The fourth-order valence-corrected chi connectivity index (χ4v) is 3.57. The quantitative estimate of drug-likeness (QED) is 0.543. The lowest BCUT2D eigenvalue weighted by atomic mass is 10.2. The number of hydrogen-bond donors (Lipinski definition) is 2. The Morgan fingerprint density at radius 1 is 1.29 bits per heavy atom. The average molecular weight is 370 g/mol. The van der Waals surface area contributed by atoms with Crippen molar-refractivity contribution in [2.75, 3.05) is 17.2 Å².